The van der Waals surface area contributed by atoms with Gasteiger partial charge in [-0.3, -0.25) is 0 Å². The van der Waals surface area contributed by atoms with Crippen molar-refractivity contribution in [3.8, 4) is 0 Å². The Hall–Kier alpha value is -1.04. The fraction of sp³-hybridized carbons (Fsp3) is 0.727. The van der Waals surface area contributed by atoms with E-state index in [0.717, 1.165) is 24.3 Å². The van der Waals surface area contributed by atoms with Crippen LogP contribution in [0.3, 0.4) is 0 Å². The summed E-state index contributed by atoms with van der Waals surface area (Å²) in [5.74, 6) is 0. The molecule has 0 aliphatic heterocycles. The predicted octanol–water partition coefficient (Wildman–Crippen LogP) is 3.26. The van der Waals surface area contributed by atoms with Crippen LogP contribution in [-0.2, 0) is 20.2 Å². The molecule has 0 heterocycles. The van der Waals surface area contributed by atoms with Crippen LogP contribution >= 0.6 is 0 Å². The standard InChI is InChI=1S/2C8H20N.C6H6O6S2/c2*1-5-9(6-2,7-3)8-4;7-13(8,9)5-1-2-6(4-3-5)14(10,11)12/h2*5-8H2,1-4H3;1-4H,(H,7,8,9)(H,10,11,12)/q2*+1;/p-2. The van der Waals surface area contributed by atoms with Gasteiger partial charge in [0, 0.05) is 0 Å². The van der Waals surface area contributed by atoms with E-state index in [1.54, 1.807) is 0 Å². The summed E-state index contributed by atoms with van der Waals surface area (Å²) in [6.45, 7) is 28.4. The van der Waals surface area contributed by atoms with Crippen molar-refractivity contribution in [1.82, 2.24) is 0 Å². The highest BCUT2D eigenvalue weighted by Crippen LogP contribution is 2.13. The molecule has 0 radical (unpaired) electrons. The van der Waals surface area contributed by atoms with E-state index in [-0.39, 0.29) is 0 Å². The number of nitrogens with zero attached hydrogens (tertiary/aromatic N) is 2. The molecule has 0 unspecified atom stereocenters. The fourth-order valence-electron chi connectivity index (χ4n) is 3.46. The van der Waals surface area contributed by atoms with Crippen LogP contribution in [0.25, 0.3) is 0 Å². The van der Waals surface area contributed by atoms with Crippen LogP contribution < -0.4 is 0 Å². The third-order valence-electron chi connectivity index (χ3n) is 6.77. The second-order valence-corrected chi connectivity index (χ2v) is 10.4. The molecule has 0 saturated carbocycles. The second kappa shape index (κ2) is 15.0. The highest BCUT2D eigenvalue weighted by atomic mass is 32.2. The number of hydrogen-bond donors (Lipinski definition) is 0. The maximum absolute atomic E-state index is 10.4. The maximum Gasteiger partial charge on any atom is 0.124 e. The summed E-state index contributed by atoms with van der Waals surface area (Å²) in [5.41, 5.74) is 0. The van der Waals surface area contributed by atoms with Gasteiger partial charge < -0.3 is 18.1 Å². The van der Waals surface area contributed by atoms with Gasteiger partial charge in [-0.15, -0.1) is 0 Å². The van der Waals surface area contributed by atoms with Gasteiger partial charge in [0.05, 0.1) is 62.1 Å². The van der Waals surface area contributed by atoms with Crippen molar-refractivity contribution in [2.75, 3.05) is 52.4 Å². The quantitative estimate of drug-likeness (QED) is 0.363. The van der Waals surface area contributed by atoms with Crippen molar-refractivity contribution in [2.24, 2.45) is 0 Å². The lowest BCUT2D eigenvalue weighted by Crippen LogP contribution is -2.47. The Labute approximate surface area is 196 Å². The van der Waals surface area contributed by atoms with Crippen LogP contribution in [-0.4, -0.2) is 87.3 Å². The summed E-state index contributed by atoms with van der Waals surface area (Å²) in [6.07, 6.45) is 0. The minimum Gasteiger partial charge on any atom is -0.744 e. The number of benzene rings is 1. The predicted molar refractivity (Wildman–Crippen MR) is 127 cm³/mol. The van der Waals surface area contributed by atoms with E-state index >= 15 is 0 Å². The molecular formula is C22H44N2O6S2. The molecule has 0 atom stereocenters. The normalized spacial score (nSPS) is 12.3. The van der Waals surface area contributed by atoms with E-state index in [9.17, 15) is 25.9 Å². The highest BCUT2D eigenvalue weighted by molar-refractivity contribution is 7.86. The van der Waals surface area contributed by atoms with E-state index in [1.165, 1.54) is 61.3 Å². The van der Waals surface area contributed by atoms with Gasteiger partial charge in [0.1, 0.15) is 20.2 Å². The van der Waals surface area contributed by atoms with Gasteiger partial charge in [-0.05, 0) is 79.7 Å². The molecule has 10 heteroatoms. The Balaban J connectivity index is 0. The van der Waals surface area contributed by atoms with Crippen molar-refractivity contribution in [3.63, 3.8) is 0 Å². The van der Waals surface area contributed by atoms with Gasteiger partial charge in [0.25, 0.3) is 0 Å². The lowest BCUT2D eigenvalue weighted by Gasteiger charge is -2.34. The Morgan fingerprint density at radius 3 is 0.719 bits per heavy atom. The Morgan fingerprint density at radius 1 is 0.500 bits per heavy atom. The molecule has 1 aromatic rings. The maximum atomic E-state index is 10.4. The topological polar surface area (TPSA) is 114 Å². The number of quaternary nitrogens is 2. The van der Waals surface area contributed by atoms with Crippen molar-refractivity contribution in [1.29, 1.82) is 0 Å². The Morgan fingerprint density at radius 2 is 0.656 bits per heavy atom. The molecule has 190 valence electrons. The summed E-state index contributed by atoms with van der Waals surface area (Å²) in [5, 5.41) is 0. The zero-order valence-corrected chi connectivity index (χ0v) is 22.8. The van der Waals surface area contributed by atoms with Gasteiger partial charge in [-0.25, -0.2) is 16.8 Å². The van der Waals surface area contributed by atoms with Gasteiger partial charge in [-0.1, -0.05) is 0 Å². The molecule has 0 bridgehead atoms. The molecule has 0 amide bonds. The molecule has 0 aliphatic rings. The first-order chi connectivity index (χ1) is 14.7. The summed E-state index contributed by atoms with van der Waals surface area (Å²) >= 11 is 0. The van der Waals surface area contributed by atoms with Gasteiger partial charge >= 0.3 is 0 Å². The SMILES string of the molecule is CC[N+](CC)(CC)CC.CC[N+](CC)(CC)CC.O=S(=O)([O-])c1ccc(S(=O)(=O)[O-])cc1. The van der Waals surface area contributed by atoms with Crippen LogP contribution in [0, 0.1) is 0 Å². The van der Waals surface area contributed by atoms with Crippen molar-refractivity contribution >= 4 is 20.2 Å². The summed E-state index contributed by atoms with van der Waals surface area (Å²) in [6, 6.07) is 3.08. The second-order valence-electron chi connectivity index (χ2n) is 7.59. The molecular weight excluding hydrogens is 452 g/mol. The van der Waals surface area contributed by atoms with Crippen LogP contribution in [0.2, 0.25) is 0 Å². The number of rotatable bonds is 10. The van der Waals surface area contributed by atoms with Crippen molar-refractivity contribution in [3.05, 3.63) is 24.3 Å². The molecule has 0 aromatic heterocycles. The summed E-state index contributed by atoms with van der Waals surface area (Å²) in [7, 11) is -9.22. The van der Waals surface area contributed by atoms with Gasteiger partial charge in [0.15, 0.2) is 0 Å². The van der Waals surface area contributed by atoms with Crippen molar-refractivity contribution in [2.45, 2.75) is 65.2 Å². The summed E-state index contributed by atoms with van der Waals surface area (Å²) in [4.78, 5) is -1.16. The molecule has 0 spiro atoms. The van der Waals surface area contributed by atoms with Crippen LogP contribution in [0.1, 0.15) is 55.4 Å². The molecule has 0 fully saturated rings. The fourth-order valence-corrected chi connectivity index (χ4v) is 4.40. The number of hydrogen-bond acceptors (Lipinski definition) is 6. The average molecular weight is 497 g/mol. The lowest BCUT2D eigenvalue weighted by molar-refractivity contribution is -0.921. The molecule has 1 rings (SSSR count). The van der Waals surface area contributed by atoms with Crippen LogP contribution in [0.15, 0.2) is 34.1 Å². The smallest absolute Gasteiger partial charge is 0.124 e. The van der Waals surface area contributed by atoms with E-state index in [1.807, 2.05) is 0 Å². The van der Waals surface area contributed by atoms with Gasteiger partial charge in [-0.2, -0.15) is 0 Å². The molecule has 32 heavy (non-hydrogen) atoms. The van der Waals surface area contributed by atoms with E-state index in [0.29, 0.717) is 0 Å². The molecule has 1 aromatic carbocycles. The van der Waals surface area contributed by atoms with E-state index in [2.05, 4.69) is 55.4 Å². The largest absolute Gasteiger partial charge is 0.744 e. The molecule has 8 nitrogen and oxygen atoms in total. The first-order valence-corrected chi connectivity index (χ1v) is 14.2. The zero-order chi connectivity index (χ0) is 25.6. The molecule has 0 N–H and O–H groups in total. The minimum atomic E-state index is -4.61. The third-order valence-corrected chi connectivity index (χ3v) is 8.47. The first kappa shape index (κ1) is 33.1. The van der Waals surface area contributed by atoms with Crippen LogP contribution in [0.4, 0.5) is 0 Å². The van der Waals surface area contributed by atoms with Gasteiger partial charge in [0.2, 0.25) is 0 Å². The van der Waals surface area contributed by atoms with Crippen LogP contribution in [0.5, 0.6) is 0 Å². The lowest BCUT2D eigenvalue weighted by atomic mass is 10.3. The summed E-state index contributed by atoms with van der Waals surface area (Å²) < 4.78 is 65.0. The molecule has 0 aliphatic carbocycles. The highest BCUT2D eigenvalue weighted by Gasteiger charge is 2.17. The Kier molecular flexibility index (Phi) is 15.5. The van der Waals surface area contributed by atoms with E-state index < -0.39 is 30.0 Å². The zero-order valence-electron chi connectivity index (χ0n) is 21.1. The minimum absolute atomic E-state index is 0.579. The Bertz CT molecular complexity index is 724. The van der Waals surface area contributed by atoms with Crippen molar-refractivity contribution < 1.29 is 34.9 Å². The molecule has 0 saturated heterocycles. The first-order valence-electron chi connectivity index (χ1n) is 11.4. The third kappa shape index (κ3) is 11.2. The monoisotopic (exact) mass is 496 g/mol. The van der Waals surface area contributed by atoms with E-state index in [4.69, 9.17) is 0 Å². The average Bonchev–Trinajstić information content (AvgIpc) is 2.78.